The molecule has 0 saturated heterocycles. The maximum Gasteiger partial charge on any atom is 0.339 e. The van der Waals surface area contributed by atoms with E-state index in [0.717, 1.165) is 12.0 Å². The van der Waals surface area contributed by atoms with E-state index >= 15 is 0 Å². The van der Waals surface area contributed by atoms with Crippen LogP contribution < -0.4 is 5.32 Å². The van der Waals surface area contributed by atoms with Gasteiger partial charge in [0.2, 0.25) is 0 Å². The van der Waals surface area contributed by atoms with Crippen LogP contribution in [0.2, 0.25) is 0 Å². The quantitative estimate of drug-likeness (QED) is 0.840. The molecule has 5 heteroatoms. The van der Waals surface area contributed by atoms with Crippen molar-refractivity contribution in [1.82, 2.24) is 15.3 Å². The minimum Gasteiger partial charge on any atom is -0.478 e. The molecule has 104 valence electrons. The van der Waals surface area contributed by atoms with Gasteiger partial charge in [-0.1, -0.05) is 31.2 Å². The molecule has 0 amide bonds. The van der Waals surface area contributed by atoms with E-state index in [1.807, 2.05) is 0 Å². The number of aromatic nitrogens is 2. The third-order valence-corrected chi connectivity index (χ3v) is 3.08. The van der Waals surface area contributed by atoms with E-state index in [9.17, 15) is 4.79 Å². The number of aromatic carboxylic acids is 1. The first kappa shape index (κ1) is 14.1. The third-order valence-electron chi connectivity index (χ3n) is 3.08. The molecule has 20 heavy (non-hydrogen) atoms. The second-order valence-electron chi connectivity index (χ2n) is 4.46. The topological polar surface area (TPSA) is 75.1 Å². The van der Waals surface area contributed by atoms with Gasteiger partial charge in [0.25, 0.3) is 0 Å². The maximum absolute atomic E-state index is 11.0. The number of carbonyl (C=O) groups is 1. The molecule has 1 aromatic heterocycles. The summed E-state index contributed by atoms with van der Waals surface area (Å²) in [6, 6.07) is 8.35. The highest BCUT2D eigenvalue weighted by molar-refractivity contribution is 5.88. The van der Waals surface area contributed by atoms with Gasteiger partial charge < -0.3 is 10.4 Å². The summed E-state index contributed by atoms with van der Waals surface area (Å²) in [5.41, 5.74) is 3.10. The van der Waals surface area contributed by atoms with Crippen LogP contribution in [0.4, 0.5) is 0 Å². The Bertz CT molecular complexity index is 582. The van der Waals surface area contributed by atoms with Gasteiger partial charge in [-0.15, -0.1) is 0 Å². The summed E-state index contributed by atoms with van der Waals surface area (Å²) in [7, 11) is 0. The third kappa shape index (κ3) is 3.61. The zero-order valence-corrected chi connectivity index (χ0v) is 11.3. The summed E-state index contributed by atoms with van der Waals surface area (Å²) in [6.45, 7) is 3.20. The minimum absolute atomic E-state index is 0.140. The SMILES string of the molecule is CCc1ccc(CNCc2ncncc2C(=O)O)cc1. The van der Waals surface area contributed by atoms with Crippen molar-refractivity contribution in [1.29, 1.82) is 0 Å². The van der Waals surface area contributed by atoms with Gasteiger partial charge in [-0.2, -0.15) is 0 Å². The Morgan fingerprint density at radius 3 is 2.55 bits per heavy atom. The summed E-state index contributed by atoms with van der Waals surface area (Å²) in [5.74, 6) is -1.00. The van der Waals surface area contributed by atoms with Crippen molar-refractivity contribution in [3.8, 4) is 0 Å². The lowest BCUT2D eigenvalue weighted by Gasteiger charge is -2.07. The second kappa shape index (κ2) is 6.77. The van der Waals surface area contributed by atoms with E-state index in [0.29, 0.717) is 18.8 Å². The van der Waals surface area contributed by atoms with Gasteiger partial charge in [0.05, 0.1) is 5.69 Å². The molecular weight excluding hydrogens is 254 g/mol. The number of hydrogen-bond acceptors (Lipinski definition) is 4. The monoisotopic (exact) mass is 271 g/mol. The number of benzene rings is 1. The fraction of sp³-hybridized carbons (Fsp3) is 0.267. The average molecular weight is 271 g/mol. The summed E-state index contributed by atoms with van der Waals surface area (Å²) >= 11 is 0. The summed E-state index contributed by atoms with van der Waals surface area (Å²) in [6.07, 6.45) is 3.71. The Balaban J connectivity index is 1.94. The van der Waals surface area contributed by atoms with Crippen molar-refractivity contribution in [2.24, 2.45) is 0 Å². The molecule has 2 N–H and O–H groups in total. The zero-order valence-electron chi connectivity index (χ0n) is 11.3. The van der Waals surface area contributed by atoms with E-state index < -0.39 is 5.97 Å². The van der Waals surface area contributed by atoms with Crippen molar-refractivity contribution >= 4 is 5.97 Å². The van der Waals surface area contributed by atoms with Crippen LogP contribution in [0.3, 0.4) is 0 Å². The van der Waals surface area contributed by atoms with Crippen LogP contribution in [0.15, 0.2) is 36.8 Å². The highest BCUT2D eigenvalue weighted by atomic mass is 16.4. The molecule has 0 fully saturated rings. The molecule has 0 atom stereocenters. The highest BCUT2D eigenvalue weighted by Crippen LogP contribution is 2.06. The van der Waals surface area contributed by atoms with Crippen LogP contribution in [-0.2, 0) is 19.5 Å². The van der Waals surface area contributed by atoms with Crippen LogP contribution in [-0.4, -0.2) is 21.0 Å². The Kier molecular flexibility index (Phi) is 4.79. The van der Waals surface area contributed by atoms with Gasteiger partial charge in [-0.25, -0.2) is 14.8 Å². The zero-order chi connectivity index (χ0) is 14.4. The predicted octanol–water partition coefficient (Wildman–Crippen LogP) is 2.03. The van der Waals surface area contributed by atoms with Gasteiger partial charge >= 0.3 is 5.97 Å². The molecule has 2 rings (SSSR count). The number of carboxylic acid groups (broad SMARTS) is 1. The van der Waals surface area contributed by atoms with Gasteiger partial charge in [0.15, 0.2) is 0 Å². The summed E-state index contributed by atoms with van der Waals surface area (Å²) < 4.78 is 0. The van der Waals surface area contributed by atoms with Crippen LogP contribution in [0.25, 0.3) is 0 Å². The van der Waals surface area contributed by atoms with Gasteiger partial charge in [0, 0.05) is 19.3 Å². The number of hydrogen-bond donors (Lipinski definition) is 2. The molecule has 0 aliphatic carbocycles. The van der Waals surface area contributed by atoms with E-state index in [1.165, 1.54) is 18.1 Å². The molecule has 0 bridgehead atoms. The lowest BCUT2D eigenvalue weighted by molar-refractivity contribution is 0.0694. The predicted molar refractivity (Wildman–Crippen MR) is 75.4 cm³/mol. The normalized spacial score (nSPS) is 10.4. The molecule has 0 unspecified atom stereocenters. The fourth-order valence-electron chi connectivity index (χ4n) is 1.89. The lowest BCUT2D eigenvalue weighted by Crippen LogP contribution is -2.17. The first-order valence-electron chi connectivity index (χ1n) is 6.51. The van der Waals surface area contributed by atoms with Gasteiger partial charge in [0.1, 0.15) is 11.9 Å². The molecule has 1 aromatic carbocycles. The van der Waals surface area contributed by atoms with E-state index in [2.05, 4.69) is 46.5 Å². The lowest BCUT2D eigenvalue weighted by atomic mass is 10.1. The molecule has 0 aliphatic rings. The summed E-state index contributed by atoms with van der Waals surface area (Å²) in [5, 5.41) is 12.2. The van der Waals surface area contributed by atoms with E-state index in [1.54, 1.807) is 0 Å². The van der Waals surface area contributed by atoms with Crippen molar-refractivity contribution in [3.05, 3.63) is 59.2 Å². The van der Waals surface area contributed by atoms with E-state index in [-0.39, 0.29) is 5.56 Å². The Morgan fingerprint density at radius 2 is 1.90 bits per heavy atom. The minimum atomic E-state index is -1.00. The number of rotatable bonds is 6. The number of nitrogens with zero attached hydrogens (tertiary/aromatic N) is 2. The second-order valence-corrected chi connectivity index (χ2v) is 4.46. The van der Waals surface area contributed by atoms with Gasteiger partial charge in [-0.05, 0) is 17.5 Å². The summed E-state index contributed by atoms with van der Waals surface area (Å²) in [4.78, 5) is 18.8. The van der Waals surface area contributed by atoms with Crippen molar-refractivity contribution in [3.63, 3.8) is 0 Å². The number of nitrogens with one attached hydrogen (secondary N) is 1. The highest BCUT2D eigenvalue weighted by Gasteiger charge is 2.10. The van der Waals surface area contributed by atoms with Crippen LogP contribution in [0.1, 0.15) is 34.1 Å². The van der Waals surface area contributed by atoms with E-state index in [4.69, 9.17) is 5.11 Å². The first-order chi connectivity index (χ1) is 9.70. The standard InChI is InChI=1S/C15H17N3O2/c1-2-11-3-5-12(6-4-11)7-16-9-14-13(15(19)20)8-17-10-18-14/h3-6,8,10,16H,2,7,9H2,1H3,(H,19,20). The maximum atomic E-state index is 11.0. The first-order valence-corrected chi connectivity index (χ1v) is 6.51. The van der Waals surface area contributed by atoms with Crippen molar-refractivity contribution < 1.29 is 9.90 Å². The molecule has 0 spiro atoms. The van der Waals surface area contributed by atoms with Crippen LogP contribution in [0, 0.1) is 0 Å². The molecule has 0 saturated carbocycles. The largest absolute Gasteiger partial charge is 0.478 e. The molecule has 0 radical (unpaired) electrons. The van der Waals surface area contributed by atoms with Crippen LogP contribution in [0.5, 0.6) is 0 Å². The number of carboxylic acids is 1. The van der Waals surface area contributed by atoms with Crippen molar-refractivity contribution in [2.45, 2.75) is 26.4 Å². The molecule has 0 aliphatic heterocycles. The molecule has 2 aromatic rings. The van der Waals surface area contributed by atoms with Crippen LogP contribution >= 0.6 is 0 Å². The van der Waals surface area contributed by atoms with Gasteiger partial charge in [-0.3, -0.25) is 0 Å². The Morgan fingerprint density at radius 1 is 1.20 bits per heavy atom. The average Bonchev–Trinajstić information content (AvgIpc) is 2.48. The Labute approximate surface area is 117 Å². The Hall–Kier alpha value is -2.27. The molecular formula is C15H17N3O2. The molecule has 5 nitrogen and oxygen atoms in total. The van der Waals surface area contributed by atoms with Crippen molar-refractivity contribution in [2.75, 3.05) is 0 Å². The smallest absolute Gasteiger partial charge is 0.339 e. The number of aryl methyl sites for hydroxylation is 1. The molecule has 1 heterocycles. The fourth-order valence-corrected chi connectivity index (χ4v) is 1.89.